The summed E-state index contributed by atoms with van der Waals surface area (Å²) in [6.45, 7) is 4.95. The van der Waals surface area contributed by atoms with E-state index in [2.05, 4.69) is 15.4 Å². The van der Waals surface area contributed by atoms with Crippen LogP contribution in [0.3, 0.4) is 0 Å². The van der Waals surface area contributed by atoms with Gasteiger partial charge in [-0.25, -0.2) is 13.1 Å². The van der Waals surface area contributed by atoms with Crippen molar-refractivity contribution in [2.75, 3.05) is 18.4 Å². The maximum atomic E-state index is 12.4. The molecule has 0 saturated carbocycles. The second-order valence-corrected chi connectivity index (χ2v) is 7.30. The van der Waals surface area contributed by atoms with Crippen LogP contribution in [0.1, 0.15) is 26.7 Å². The van der Waals surface area contributed by atoms with Crippen molar-refractivity contribution in [3.05, 3.63) is 24.3 Å². The minimum atomic E-state index is -3.55. The molecule has 1 heterocycles. The molecule has 6 nitrogen and oxygen atoms in total. The largest absolute Gasteiger partial charge is 0.326 e. The second kappa shape index (κ2) is 6.13. The van der Waals surface area contributed by atoms with Crippen LogP contribution in [0.5, 0.6) is 0 Å². The van der Waals surface area contributed by atoms with Crippen LogP contribution in [0.25, 0.3) is 0 Å². The molecular weight excluding hydrogens is 290 g/mol. The summed E-state index contributed by atoms with van der Waals surface area (Å²) in [5.41, 5.74) is 0.162. The molecule has 1 aliphatic rings. The van der Waals surface area contributed by atoms with Crippen LogP contribution in [0.4, 0.5) is 5.69 Å². The first kappa shape index (κ1) is 15.9. The van der Waals surface area contributed by atoms with E-state index in [0.29, 0.717) is 5.69 Å². The lowest BCUT2D eigenvalue weighted by molar-refractivity contribution is -0.114. The first-order chi connectivity index (χ1) is 9.81. The van der Waals surface area contributed by atoms with Crippen LogP contribution < -0.4 is 15.4 Å². The molecule has 1 saturated heterocycles. The highest BCUT2D eigenvalue weighted by molar-refractivity contribution is 7.89. The Morgan fingerprint density at radius 3 is 2.29 bits per heavy atom. The first-order valence-electron chi connectivity index (χ1n) is 6.93. The van der Waals surface area contributed by atoms with Crippen molar-refractivity contribution < 1.29 is 13.2 Å². The average Bonchev–Trinajstić information content (AvgIpc) is 2.38. The lowest BCUT2D eigenvalue weighted by atomic mass is 9.92. The van der Waals surface area contributed by atoms with Crippen LogP contribution in [-0.2, 0) is 14.8 Å². The zero-order valence-electron chi connectivity index (χ0n) is 12.3. The van der Waals surface area contributed by atoms with Crippen molar-refractivity contribution in [2.24, 2.45) is 0 Å². The molecule has 7 heteroatoms. The Morgan fingerprint density at radius 1 is 1.19 bits per heavy atom. The van der Waals surface area contributed by atoms with Crippen LogP contribution in [0.2, 0.25) is 0 Å². The number of carbonyl (C=O) groups excluding carboxylic acids is 1. The monoisotopic (exact) mass is 311 g/mol. The Balaban J connectivity index is 2.13. The number of benzene rings is 1. The number of amides is 1. The molecular formula is C14H21N3O3S. The fourth-order valence-corrected chi connectivity index (χ4v) is 3.85. The lowest BCUT2D eigenvalue weighted by Gasteiger charge is -2.34. The molecule has 0 aromatic heterocycles. The topological polar surface area (TPSA) is 87.3 Å². The van der Waals surface area contributed by atoms with Crippen molar-refractivity contribution in [3.8, 4) is 0 Å². The highest BCUT2D eigenvalue weighted by atomic mass is 32.2. The maximum absolute atomic E-state index is 12.4. The summed E-state index contributed by atoms with van der Waals surface area (Å²) in [6.07, 6.45) is 1.52. The van der Waals surface area contributed by atoms with Gasteiger partial charge in [0.05, 0.1) is 4.90 Å². The second-order valence-electron chi connectivity index (χ2n) is 5.62. The maximum Gasteiger partial charge on any atom is 0.241 e. The normalized spacial score (nSPS) is 18.2. The fraction of sp³-hybridized carbons (Fsp3) is 0.500. The third kappa shape index (κ3) is 4.26. The Labute approximate surface area is 125 Å². The summed E-state index contributed by atoms with van der Waals surface area (Å²) in [7, 11) is -3.55. The van der Waals surface area contributed by atoms with Gasteiger partial charge in [0.25, 0.3) is 0 Å². The van der Waals surface area contributed by atoms with E-state index in [0.717, 1.165) is 25.9 Å². The molecule has 116 valence electrons. The van der Waals surface area contributed by atoms with Crippen molar-refractivity contribution in [2.45, 2.75) is 37.1 Å². The molecule has 1 fully saturated rings. The highest BCUT2D eigenvalue weighted by Crippen LogP contribution is 2.22. The van der Waals surface area contributed by atoms with Gasteiger partial charge < -0.3 is 10.6 Å². The summed E-state index contributed by atoms with van der Waals surface area (Å²) < 4.78 is 27.6. The number of nitrogens with one attached hydrogen (secondary N) is 3. The lowest BCUT2D eigenvalue weighted by Crippen LogP contribution is -2.52. The number of sulfonamides is 1. The van der Waals surface area contributed by atoms with E-state index in [-0.39, 0.29) is 10.8 Å². The Hall–Kier alpha value is -1.44. The minimum Gasteiger partial charge on any atom is -0.326 e. The van der Waals surface area contributed by atoms with E-state index in [1.54, 1.807) is 12.1 Å². The van der Waals surface area contributed by atoms with Crippen molar-refractivity contribution in [3.63, 3.8) is 0 Å². The summed E-state index contributed by atoms with van der Waals surface area (Å²) in [6, 6.07) is 6.16. The number of piperidine rings is 1. The Morgan fingerprint density at radius 2 is 1.76 bits per heavy atom. The Kier molecular flexibility index (Phi) is 4.65. The van der Waals surface area contributed by atoms with E-state index in [9.17, 15) is 13.2 Å². The van der Waals surface area contributed by atoms with E-state index in [4.69, 9.17) is 0 Å². The van der Waals surface area contributed by atoms with Gasteiger partial charge in [-0.3, -0.25) is 4.79 Å². The van der Waals surface area contributed by atoms with Crippen molar-refractivity contribution in [1.82, 2.24) is 10.0 Å². The van der Waals surface area contributed by atoms with Crippen LogP contribution >= 0.6 is 0 Å². The van der Waals surface area contributed by atoms with Crippen LogP contribution in [0.15, 0.2) is 29.2 Å². The smallest absolute Gasteiger partial charge is 0.241 e. The minimum absolute atomic E-state index is 0.189. The average molecular weight is 311 g/mol. The molecule has 1 aliphatic heterocycles. The summed E-state index contributed by atoms with van der Waals surface area (Å²) in [4.78, 5) is 11.2. The van der Waals surface area contributed by atoms with Crippen molar-refractivity contribution >= 4 is 21.6 Å². The van der Waals surface area contributed by atoms with Gasteiger partial charge in [0.1, 0.15) is 0 Å². The summed E-state index contributed by atoms with van der Waals surface area (Å²) >= 11 is 0. The molecule has 0 unspecified atom stereocenters. The summed E-state index contributed by atoms with van der Waals surface area (Å²) in [5, 5.41) is 5.83. The predicted molar refractivity (Wildman–Crippen MR) is 81.6 cm³/mol. The molecule has 3 N–H and O–H groups in total. The third-order valence-electron chi connectivity index (χ3n) is 3.57. The van der Waals surface area contributed by atoms with E-state index >= 15 is 0 Å². The Bertz CT molecular complexity index is 605. The van der Waals surface area contributed by atoms with E-state index < -0.39 is 15.6 Å². The van der Waals surface area contributed by atoms with Gasteiger partial charge in [-0.05, 0) is 57.1 Å². The van der Waals surface area contributed by atoms with E-state index in [1.165, 1.54) is 19.1 Å². The van der Waals surface area contributed by atoms with Gasteiger partial charge in [-0.15, -0.1) is 0 Å². The van der Waals surface area contributed by atoms with Gasteiger partial charge in [0.15, 0.2) is 0 Å². The number of rotatable bonds is 4. The standard InChI is InChI=1S/C14H21N3O3S/c1-11(18)16-12-3-5-13(6-4-12)21(19,20)17-14(2)7-9-15-10-8-14/h3-6,15,17H,7-10H2,1-2H3,(H,16,18). The number of hydrogen-bond acceptors (Lipinski definition) is 4. The van der Waals surface area contributed by atoms with Gasteiger partial charge in [0, 0.05) is 18.2 Å². The zero-order chi connectivity index (χ0) is 15.5. The molecule has 0 bridgehead atoms. The van der Waals surface area contributed by atoms with E-state index in [1.807, 2.05) is 6.92 Å². The molecule has 1 aromatic rings. The van der Waals surface area contributed by atoms with Crippen LogP contribution in [0, 0.1) is 0 Å². The van der Waals surface area contributed by atoms with Gasteiger partial charge in [-0.2, -0.15) is 0 Å². The molecule has 2 rings (SSSR count). The molecule has 0 radical (unpaired) electrons. The molecule has 21 heavy (non-hydrogen) atoms. The molecule has 0 atom stereocenters. The summed E-state index contributed by atoms with van der Waals surface area (Å²) in [5.74, 6) is -0.189. The van der Waals surface area contributed by atoms with Crippen LogP contribution in [-0.4, -0.2) is 33.0 Å². The molecule has 1 amide bonds. The van der Waals surface area contributed by atoms with Gasteiger partial charge in [-0.1, -0.05) is 0 Å². The SMILES string of the molecule is CC(=O)Nc1ccc(S(=O)(=O)NC2(C)CCNCC2)cc1. The predicted octanol–water partition coefficient (Wildman–Crippen LogP) is 1.07. The fourth-order valence-electron chi connectivity index (χ4n) is 2.38. The number of anilines is 1. The van der Waals surface area contributed by atoms with Gasteiger partial charge >= 0.3 is 0 Å². The molecule has 1 aromatic carbocycles. The number of hydrogen-bond donors (Lipinski definition) is 3. The zero-order valence-corrected chi connectivity index (χ0v) is 13.1. The number of carbonyl (C=O) groups is 1. The highest BCUT2D eigenvalue weighted by Gasteiger charge is 2.31. The first-order valence-corrected chi connectivity index (χ1v) is 8.41. The van der Waals surface area contributed by atoms with Crippen molar-refractivity contribution in [1.29, 1.82) is 0 Å². The van der Waals surface area contributed by atoms with Gasteiger partial charge in [0.2, 0.25) is 15.9 Å². The quantitative estimate of drug-likeness (QED) is 0.776. The third-order valence-corrected chi connectivity index (χ3v) is 5.23. The molecule has 0 spiro atoms. The molecule has 0 aliphatic carbocycles.